The molecule has 0 aliphatic carbocycles. The maximum atomic E-state index is 11.9. The number of methoxy groups -OCH3 is 1. The van der Waals surface area contributed by atoms with Crippen LogP contribution < -0.4 is 20.8 Å². The van der Waals surface area contributed by atoms with Crippen molar-refractivity contribution in [1.29, 1.82) is 0 Å². The van der Waals surface area contributed by atoms with E-state index in [-0.39, 0.29) is 18.9 Å². The molecule has 0 saturated carbocycles. The molecule has 0 unspecified atom stereocenters. The lowest BCUT2D eigenvalue weighted by molar-refractivity contribution is -0.129. The summed E-state index contributed by atoms with van der Waals surface area (Å²) in [5, 5.41) is 9.15. The van der Waals surface area contributed by atoms with Crippen LogP contribution in [0.2, 0.25) is 0 Å². The molecule has 0 aliphatic rings. The second-order valence-corrected chi connectivity index (χ2v) is 6.43. The topological polar surface area (TPSA) is 118 Å². The highest BCUT2D eigenvalue weighted by atomic mass is 16.5. The monoisotopic (exact) mass is 426 g/mol. The molecule has 9 heteroatoms. The normalized spacial score (nSPS) is 10.5. The van der Waals surface area contributed by atoms with Gasteiger partial charge in [0, 0.05) is 20.2 Å². The first kappa shape index (κ1) is 23.6. The number of nitrogens with zero attached hydrogens (tertiary/aromatic N) is 1. The number of hydrazone groups is 1. The quantitative estimate of drug-likeness (QED) is 0.202. The van der Waals surface area contributed by atoms with E-state index in [0.717, 1.165) is 5.56 Å². The third-order valence-electron chi connectivity index (χ3n) is 3.93. The first-order valence-electron chi connectivity index (χ1n) is 9.68. The minimum Gasteiger partial charge on any atom is -0.484 e. The minimum atomic E-state index is -0.521. The fourth-order valence-electron chi connectivity index (χ4n) is 2.37. The van der Waals surface area contributed by atoms with Gasteiger partial charge < -0.3 is 20.1 Å². The molecule has 0 saturated heterocycles. The molecule has 0 spiro atoms. The fraction of sp³-hybridized carbons (Fsp3) is 0.273. The summed E-state index contributed by atoms with van der Waals surface area (Å²) in [6.45, 7) is 1.07. The van der Waals surface area contributed by atoms with Crippen molar-refractivity contribution >= 4 is 23.9 Å². The number of carbonyl (C=O) groups is 3. The fourth-order valence-corrected chi connectivity index (χ4v) is 2.37. The third kappa shape index (κ3) is 10.0. The molecule has 0 bridgehead atoms. The molecule has 0 aliphatic heterocycles. The van der Waals surface area contributed by atoms with E-state index >= 15 is 0 Å². The van der Waals surface area contributed by atoms with Crippen LogP contribution in [0.5, 0.6) is 5.75 Å². The Labute approximate surface area is 180 Å². The lowest BCUT2D eigenvalue weighted by Gasteiger charge is -2.08. The molecule has 2 rings (SSSR count). The Morgan fingerprint density at radius 1 is 0.935 bits per heavy atom. The van der Waals surface area contributed by atoms with Gasteiger partial charge in [-0.3, -0.25) is 14.4 Å². The van der Waals surface area contributed by atoms with Gasteiger partial charge in [-0.05, 0) is 35.4 Å². The van der Waals surface area contributed by atoms with Crippen LogP contribution in [0, 0.1) is 0 Å². The van der Waals surface area contributed by atoms with Gasteiger partial charge in [-0.2, -0.15) is 5.10 Å². The van der Waals surface area contributed by atoms with Crippen molar-refractivity contribution in [3.8, 4) is 5.75 Å². The molecule has 0 atom stereocenters. The Hall–Kier alpha value is -3.72. The molecule has 3 amide bonds. The van der Waals surface area contributed by atoms with Crippen LogP contribution in [0.15, 0.2) is 59.7 Å². The smallest absolute Gasteiger partial charge is 0.258 e. The Bertz CT molecular complexity index is 869. The molecular formula is C22H26N4O5. The second-order valence-electron chi connectivity index (χ2n) is 6.43. The SMILES string of the molecule is COCCNC(=O)CC(=O)N/N=C/c1ccc(OCC(=O)NCc2ccccc2)cc1. The Kier molecular flexibility index (Phi) is 10.3. The number of hydrogen-bond acceptors (Lipinski definition) is 6. The van der Waals surface area contributed by atoms with Gasteiger partial charge in [0.2, 0.25) is 11.8 Å². The molecule has 0 heterocycles. The molecule has 0 aromatic heterocycles. The number of ether oxygens (including phenoxy) is 2. The van der Waals surface area contributed by atoms with Crippen LogP contribution >= 0.6 is 0 Å². The zero-order valence-corrected chi connectivity index (χ0v) is 17.3. The van der Waals surface area contributed by atoms with E-state index in [1.165, 1.54) is 13.3 Å². The van der Waals surface area contributed by atoms with E-state index in [4.69, 9.17) is 9.47 Å². The van der Waals surface area contributed by atoms with Crippen LogP contribution in [0.25, 0.3) is 0 Å². The number of benzene rings is 2. The molecule has 0 radical (unpaired) electrons. The first-order chi connectivity index (χ1) is 15.1. The summed E-state index contributed by atoms with van der Waals surface area (Å²) in [5.74, 6) is -0.612. The average Bonchev–Trinajstić information content (AvgIpc) is 2.78. The average molecular weight is 426 g/mol. The predicted molar refractivity (Wildman–Crippen MR) is 115 cm³/mol. The minimum absolute atomic E-state index is 0.0945. The summed E-state index contributed by atoms with van der Waals surface area (Å²) < 4.78 is 10.3. The predicted octanol–water partition coefficient (Wildman–Crippen LogP) is 0.985. The highest BCUT2D eigenvalue weighted by molar-refractivity contribution is 5.97. The zero-order valence-electron chi connectivity index (χ0n) is 17.3. The number of carbonyl (C=O) groups excluding carboxylic acids is 3. The van der Waals surface area contributed by atoms with Crippen LogP contribution in [0.3, 0.4) is 0 Å². The number of nitrogens with one attached hydrogen (secondary N) is 3. The summed E-state index contributed by atoms with van der Waals surface area (Å²) in [6, 6.07) is 16.4. The van der Waals surface area contributed by atoms with Crippen LogP contribution in [-0.2, 0) is 25.7 Å². The van der Waals surface area contributed by atoms with Crippen molar-refractivity contribution in [2.24, 2.45) is 5.10 Å². The number of amides is 3. The molecule has 0 fully saturated rings. The van der Waals surface area contributed by atoms with Gasteiger partial charge in [-0.1, -0.05) is 30.3 Å². The van der Waals surface area contributed by atoms with E-state index in [0.29, 0.717) is 31.0 Å². The van der Waals surface area contributed by atoms with Crippen molar-refractivity contribution in [2.45, 2.75) is 13.0 Å². The van der Waals surface area contributed by atoms with Gasteiger partial charge in [0.05, 0.1) is 12.8 Å². The highest BCUT2D eigenvalue weighted by Gasteiger charge is 2.07. The summed E-state index contributed by atoms with van der Waals surface area (Å²) in [5.41, 5.74) is 4.01. The van der Waals surface area contributed by atoms with E-state index in [1.807, 2.05) is 30.3 Å². The van der Waals surface area contributed by atoms with Gasteiger partial charge in [0.15, 0.2) is 6.61 Å². The number of hydrogen-bond donors (Lipinski definition) is 3. The van der Waals surface area contributed by atoms with Gasteiger partial charge in [0.25, 0.3) is 5.91 Å². The lowest BCUT2D eigenvalue weighted by atomic mass is 10.2. The van der Waals surface area contributed by atoms with E-state index in [9.17, 15) is 14.4 Å². The molecule has 2 aromatic carbocycles. The molecule has 2 aromatic rings. The summed E-state index contributed by atoms with van der Waals surface area (Å²) in [6.07, 6.45) is 1.12. The van der Waals surface area contributed by atoms with Crippen molar-refractivity contribution in [3.63, 3.8) is 0 Å². The largest absolute Gasteiger partial charge is 0.484 e. The Morgan fingerprint density at radius 2 is 1.68 bits per heavy atom. The van der Waals surface area contributed by atoms with Crippen LogP contribution in [0.1, 0.15) is 17.5 Å². The van der Waals surface area contributed by atoms with Gasteiger partial charge in [-0.25, -0.2) is 5.43 Å². The zero-order chi connectivity index (χ0) is 22.3. The van der Waals surface area contributed by atoms with Crippen LogP contribution in [0.4, 0.5) is 0 Å². The third-order valence-corrected chi connectivity index (χ3v) is 3.93. The standard InChI is InChI=1S/C22H26N4O5/c1-30-12-11-23-20(27)13-21(28)26-25-15-18-7-9-19(10-8-18)31-16-22(29)24-14-17-5-3-2-4-6-17/h2-10,15H,11-14,16H2,1H3,(H,23,27)(H,24,29)(H,26,28)/b25-15+. The summed E-state index contributed by atoms with van der Waals surface area (Å²) >= 11 is 0. The van der Waals surface area contributed by atoms with Crippen molar-refractivity contribution in [1.82, 2.24) is 16.1 Å². The molecule has 9 nitrogen and oxygen atoms in total. The van der Waals surface area contributed by atoms with E-state index in [1.54, 1.807) is 24.3 Å². The Balaban J connectivity index is 1.67. The Morgan fingerprint density at radius 3 is 2.39 bits per heavy atom. The van der Waals surface area contributed by atoms with Gasteiger partial charge >= 0.3 is 0 Å². The van der Waals surface area contributed by atoms with Gasteiger partial charge in [-0.15, -0.1) is 0 Å². The first-order valence-corrected chi connectivity index (χ1v) is 9.68. The maximum Gasteiger partial charge on any atom is 0.258 e. The van der Waals surface area contributed by atoms with Crippen molar-refractivity contribution in [2.75, 3.05) is 26.9 Å². The second kappa shape index (κ2) is 13.5. The van der Waals surface area contributed by atoms with E-state index in [2.05, 4.69) is 21.2 Å². The highest BCUT2D eigenvalue weighted by Crippen LogP contribution is 2.11. The lowest BCUT2D eigenvalue weighted by Crippen LogP contribution is -2.31. The van der Waals surface area contributed by atoms with Crippen molar-refractivity contribution < 1.29 is 23.9 Å². The molecule has 164 valence electrons. The van der Waals surface area contributed by atoms with Crippen molar-refractivity contribution in [3.05, 3.63) is 65.7 Å². The van der Waals surface area contributed by atoms with Crippen LogP contribution in [-0.4, -0.2) is 50.8 Å². The van der Waals surface area contributed by atoms with Gasteiger partial charge in [0.1, 0.15) is 12.2 Å². The summed E-state index contributed by atoms with van der Waals surface area (Å²) in [4.78, 5) is 35.0. The molecule has 31 heavy (non-hydrogen) atoms. The molecule has 3 N–H and O–H groups in total. The number of rotatable bonds is 12. The molecular weight excluding hydrogens is 400 g/mol. The maximum absolute atomic E-state index is 11.9. The summed E-state index contributed by atoms with van der Waals surface area (Å²) in [7, 11) is 1.52. The van der Waals surface area contributed by atoms with E-state index < -0.39 is 11.8 Å².